The van der Waals surface area contributed by atoms with E-state index in [0.29, 0.717) is 29.7 Å². The van der Waals surface area contributed by atoms with Crippen LogP contribution in [0.1, 0.15) is 74.9 Å². The third-order valence-corrected chi connectivity index (χ3v) is 10.7. The van der Waals surface area contributed by atoms with Gasteiger partial charge in [-0.1, -0.05) is 83.0 Å². The minimum atomic E-state index is -4.66. The number of para-hydroxylation sites is 1. The Morgan fingerprint density at radius 3 is 2.16 bits per heavy atom. The number of amides is 4. The normalized spacial score (nSPS) is 17.7. The number of aromatic amines is 1. The number of halogens is 4. The molecule has 1 aliphatic rings. The molecule has 55 heavy (non-hydrogen) atoms. The van der Waals surface area contributed by atoms with E-state index in [9.17, 15) is 41.8 Å². The molecule has 0 bridgehead atoms. The van der Waals surface area contributed by atoms with Gasteiger partial charge in [0.05, 0.1) is 17.5 Å². The molecule has 5 atom stereocenters. The molecule has 10 nitrogen and oxygen atoms in total. The zero-order chi connectivity index (χ0) is 40.1. The predicted molar refractivity (Wildman–Crippen MR) is 199 cm³/mol. The first kappa shape index (κ1) is 40.8. The lowest BCUT2D eigenvalue weighted by Gasteiger charge is -2.39. The van der Waals surface area contributed by atoms with Crippen LogP contribution >= 0.6 is 0 Å². The van der Waals surface area contributed by atoms with Crippen molar-refractivity contribution in [2.75, 3.05) is 0 Å². The summed E-state index contributed by atoms with van der Waals surface area (Å²) < 4.78 is 56.6. The van der Waals surface area contributed by atoms with E-state index in [1.807, 2.05) is 13.8 Å². The molecule has 0 aliphatic heterocycles. The third kappa shape index (κ3) is 9.29. The van der Waals surface area contributed by atoms with Gasteiger partial charge in [0.1, 0.15) is 29.2 Å². The first-order chi connectivity index (χ1) is 26.1. The molecule has 4 amide bonds. The molecule has 1 heterocycles. The highest BCUT2D eigenvalue weighted by Gasteiger charge is 2.47. The molecule has 294 valence electrons. The van der Waals surface area contributed by atoms with Crippen molar-refractivity contribution in [1.29, 1.82) is 0 Å². The van der Waals surface area contributed by atoms with E-state index in [1.54, 1.807) is 32.0 Å². The summed E-state index contributed by atoms with van der Waals surface area (Å²) in [5, 5.41) is 21.2. The molecule has 1 aromatic heterocycles. The number of rotatable bonds is 14. The molecule has 6 N–H and O–H groups in total. The van der Waals surface area contributed by atoms with Crippen molar-refractivity contribution < 1.29 is 41.8 Å². The van der Waals surface area contributed by atoms with Gasteiger partial charge in [-0.25, -0.2) is 4.39 Å². The molecule has 0 spiro atoms. The number of alkyl halides is 3. The summed E-state index contributed by atoms with van der Waals surface area (Å²) in [6.45, 7) is 7.31. The van der Waals surface area contributed by atoms with Gasteiger partial charge in [0, 0.05) is 24.0 Å². The summed E-state index contributed by atoms with van der Waals surface area (Å²) in [4.78, 5) is 58.8. The smallest absolute Gasteiger partial charge is 0.418 e. The molecule has 5 rings (SSSR count). The minimum Gasteiger partial charge on any atom is -0.508 e. The van der Waals surface area contributed by atoms with Crippen molar-refractivity contribution in [3.8, 4) is 5.75 Å². The maximum absolute atomic E-state index is 14.7. The fourth-order valence-corrected chi connectivity index (χ4v) is 7.01. The zero-order valence-electron chi connectivity index (χ0n) is 31.2. The predicted octanol–water partition coefficient (Wildman–Crippen LogP) is 6.00. The van der Waals surface area contributed by atoms with E-state index < -0.39 is 64.7 Å². The van der Waals surface area contributed by atoms with Crippen molar-refractivity contribution in [3.05, 3.63) is 100 Å². The van der Waals surface area contributed by atoms with Gasteiger partial charge in [-0.2, -0.15) is 13.2 Å². The number of aromatic hydroxyl groups is 1. The number of hydrogen-bond acceptors (Lipinski definition) is 5. The van der Waals surface area contributed by atoms with Crippen LogP contribution in [0, 0.1) is 17.7 Å². The highest BCUT2D eigenvalue weighted by Crippen LogP contribution is 2.40. The van der Waals surface area contributed by atoms with Crippen LogP contribution in [-0.2, 0) is 51.2 Å². The van der Waals surface area contributed by atoms with Gasteiger partial charge >= 0.3 is 6.18 Å². The van der Waals surface area contributed by atoms with Crippen LogP contribution in [0.15, 0.2) is 66.7 Å². The van der Waals surface area contributed by atoms with Gasteiger partial charge in [0.15, 0.2) is 0 Å². The highest BCUT2D eigenvalue weighted by atomic mass is 19.4. The average Bonchev–Trinajstić information content (AvgIpc) is 3.53. The van der Waals surface area contributed by atoms with Gasteiger partial charge < -0.3 is 31.4 Å². The maximum atomic E-state index is 14.7. The second kappa shape index (κ2) is 17.0. The topological polar surface area (TPSA) is 152 Å². The molecular weight excluding hydrogens is 718 g/mol. The number of nitrogens with one attached hydrogen (secondary N) is 5. The van der Waals surface area contributed by atoms with Gasteiger partial charge in [0.25, 0.3) is 0 Å². The Morgan fingerprint density at radius 2 is 1.53 bits per heavy atom. The van der Waals surface area contributed by atoms with E-state index in [0.717, 1.165) is 6.07 Å². The standard InChI is InChI=1S/C41H47F4N5O5/c1-5-23(3)34(37(53)46-22-25-14-16-27(51)17-15-25)49-39(55)40(19-18-32-29(21-40)28-11-9-12-30(36(28)47-32)41(43,44)45)50-38(54)35(24(4)6-2)48-33(52)20-26-10-7-8-13-31(26)42/h7-17,23-24,34-35,47,51H,5-6,18-22H2,1-4H3,(H,46,53)(H,48,52)(H,49,55)(H,50,54)/t23?,24?,34-,35-,40+/m0/s1. The first-order valence-electron chi connectivity index (χ1n) is 18.5. The van der Waals surface area contributed by atoms with E-state index in [-0.39, 0.29) is 60.4 Å². The Morgan fingerprint density at radius 1 is 0.873 bits per heavy atom. The van der Waals surface area contributed by atoms with Crippen molar-refractivity contribution in [2.45, 2.75) is 96.6 Å². The molecule has 0 fully saturated rings. The van der Waals surface area contributed by atoms with Crippen LogP contribution in [-0.4, -0.2) is 51.3 Å². The van der Waals surface area contributed by atoms with E-state index in [2.05, 4.69) is 26.3 Å². The number of benzene rings is 3. The Balaban J connectivity index is 1.49. The van der Waals surface area contributed by atoms with Gasteiger partial charge in [-0.05, 0) is 65.6 Å². The lowest BCUT2D eigenvalue weighted by molar-refractivity contribution is -0.139. The van der Waals surface area contributed by atoms with E-state index in [4.69, 9.17) is 0 Å². The van der Waals surface area contributed by atoms with Crippen molar-refractivity contribution in [1.82, 2.24) is 26.3 Å². The van der Waals surface area contributed by atoms with Crippen molar-refractivity contribution in [3.63, 3.8) is 0 Å². The van der Waals surface area contributed by atoms with Crippen LogP contribution in [0.3, 0.4) is 0 Å². The Labute approximate surface area is 316 Å². The number of aryl methyl sites for hydroxylation is 1. The zero-order valence-corrected chi connectivity index (χ0v) is 31.2. The number of hydrogen-bond donors (Lipinski definition) is 6. The van der Waals surface area contributed by atoms with Gasteiger partial charge in [-0.15, -0.1) is 0 Å². The monoisotopic (exact) mass is 765 g/mol. The number of phenols is 1. The van der Waals surface area contributed by atoms with E-state index in [1.165, 1.54) is 42.5 Å². The molecule has 3 aromatic carbocycles. The maximum Gasteiger partial charge on any atom is 0.418 e. The molecular formula is C41H47F4N5O5. The Hall–Kier alpha value is -5.40. The number of carbonyl (C=O) groups is 4. The quantitative estimate of drug-likeness (QED) is 0.0872. The highest BCUT2D eigenvalue weighted by molar-refractivity contribution is 5.99. The fourth-order valence-electron chi connectivity index (χ4n) is 7.01. The number of phenolic OH excluding ortho intramolecular Hbond substituents is 1. The summed E-state index contributed by atoms with van der Waals surface area (Å²) in [6, 6.07) is 13.6. The van der Waals surface area contributed by atoms with Crippen LogP contribution in [0.5, 0.6) is 5.75 Å². The van der Waals surface area contributed by atoms with Gasteiger partial charge in [0.2, 0.25) is 23.6 Å². The fraction of sp³-hybridized carbons (Fsp3) is 0.415. The lowest BCUT2D eigenvalue weighted by Crippen LogP contribution is -2.67. The van der Waals surface area contributed by atoms with Crippen LogP contribution in [0.25, 0.3) is 10.9 Å². The number of carbonyl (C=O) groups excluding carboxylic acids is 4. The summed E-state index contributed by atoms with van der Waals surface area (Å²) >= 11 is 0. The van der Waals surface area contributed by atoms with E-state index >= 15 is 0 Å². The molecule has 2 unspecified atom stereocenters. The summed E-state index contributed by atoms with van der Waals surface area (Å²) in [5.74, 6) is -3.85. The van der Waals surface area contributed by atoms with Crippen molar-refractivity contribution in [2.24, 2.45) is 11.8 Å². The van der Waals surface area contributed by atoms with Crippen LogP contribution < -0.4 is 21.3 Å². The lowest BCUT2D eigenvalue weighted by atomic mass is 9.78. The van der Waals surface area contributed by atoms with Crippen molar-refractivity contribution >= 4 is 34.5 Å². The molecule has 4 aromatic rings. The Bertz CT molecular complexity index is 2030. The number of H-pyrrole nitrogens is 1. The van der Waals surface area contributed by atoms with Gasteiger partial charge in [-0.3, -0.25) is 19.2 Å². The minimum absolute atomic E-state index is 0.0372. The number of fused-ring (bicyclic) bond motifs is 3. The van der Waals surface area contributed by atoms with Crippen LogP contribution in [0.4, 0.5) is 17.6 Å². The average molecular weight is 766 g/mol. The second-order valence-electron chi connectivity index (χ2n) is 14.5. The summed E-state index contributed by atoms with van der Waals surface area (Å²) in [6.07, 6.45) is -4.21. The second-order valence-corrected chi connectivity index (χ2v) is 14.5. The molecule has 0 saturated carbocycles. The largest absolute Gasteiger partial charge is 0.508 e. The Kier molecular flexibility index (Phi) is 12.6. The summed E-state index contributed by atoms with van der Waals surface area (Å²) in [5.41, 5.74) is -1.000. The molecule has 0 saturated heterocycles. The third-order valence-electron chi connectivity index (χ3n) is 10.7. The molecule has 14 heteroatoms. The first-order valence-corrected chi connectivity index (χ1v) is 18.5. The van der Waals surface area contributed by atoms with Crippen LogP contribution in [0.2, 0.25) is 0 Å². The summed E-state index contributed by atoms with van der Waals surface area (Å²) in [7, 11) is 0. The SMILES string of the molecule is CCC(C)[C@H](NC(=O)Cc1ccccc1F)C(=O)N[C@]1(C(=O)N[C@H](C(=O)NCc2ccc(O)cc2)C(C)CC)CCc2[nH]c3c(C(F)(F)F)cccc3c2C1. The molecule has 0 radical (unpaired) electrons. The number of aromatic nitrogens is 1. The molecule has 1 aliphatic carbocycles.